The number of aryl methyl sites for hydroxylation is 1. The van der Waals surface area contributed by atoms with Gasteiger partial charge in [-0.25, -0.2) is 22.9 Å². The van der Waals surface area contributed by atoms with E-state index in [1.807, 2.05) is 13.0 Å². The molecular formula is C21H22N8O3S. The summed E-state index contributed by atoms with van der Waals surface area (Å²) in [4.78, 5) is 20.1. The van der Waals surface area contributed by atoms with Crippen molar-refractivity contribution in [3.63, 3.8) is 0 Å². The Balaban J connectivity index is 1.45. The highest BCUT2D eigenvalue weighted by molar-refractivity contribution is 7.92. The average Bonchev–Trinajstić information content (AvgIpc) is 3.48. The molecule has 0 bridgehead atoms. The van der Waals surface area contributed by atoms with Gasteiger partial charge in [-0.3, -0.25) is 14.3 Å². The first-order valence-electron chi connectivity index (χ1n) is 10.2. The van der Waals surface area contributed by atoms with Crippen LogP contribution in [0.4, 0.5) is 16.2 Å². The number of nitrogens with one attached hydrogen (secondary N) is 1. The molecule has 12 heteroatoms. The Morgan fingerprint density at radius 3 is 2.70 bits per heavy atom. The van der Waals surface area contributed by atoms with E-state index < -0.39 is 10.0 Å². The Kier molecular flexibility index (Phi) is 4.81. The van der Waals surface area contributed by atoms with E-state index in [0.717, 1.165) is 5.39 Å². The maximum Gasteiger partial charge on any atom is 0.324 e. The highest BCUT2D eigenvalue weighted by atomic mass is 32.2. The monoisotopic (exact) mass is 466 g/mol. The van der Waals surface area contributed by atoms with Gasteiger partial charge in [-0.15, -0.1) is 0 Å². The first-order chi connectivity index (χ1) is 15.7. The lowest BCUT2D eigenvalue weighted by atomic mass is 10.2. The van der Waals surface area contributed by atoms with Crippen molar-refractivity contribution in [1.29, 1.82) is 0 Å². The molecule has 1 fully saturated rings. The summed E-state index contributed by atoms with van der Waals surface area (Å²) in [5.41, 5.74) is 1.77. The molecule has 0 radical (unpaired) electrons. The second-order valence-electron chi connectivity index (χ2n) is 7.99. The zero-order valence-electron chi connectivity index (χ0n) is 18.2. The molecule has 1 atom stereocenters. The topological polar surface area (TPSA) is 118 Å². The summed E-state index contributed by atoms with van der Waals surface area (Å²) in [6.45, 7) is 2.59. The predicted octanol–water partition coefficient (Wildman–Crippen LogP) is 2.22. The van der Waals surface area contributed by atoms with Gasteiger partial charge in [0.2, 0.25) is 0 Å². The van der Waals surface area contributed by atoms with Crippen molar-refractivity contribution in [3.05, 3.63) is 55.1 Å². The van der Waals surface area contributed by atoms with Crippen LogP contribution >= 0.6 is 0 Å². The molecule has 1 aromatic carbocycles. The lowest BCUT2D eigenvalue weighted by Gasteiger charge is -2.20. The van der Waals surface area contributed by atoms with Gasteiger partial charge in [0.1, 0.15) is 4.90 Å². The van der Waals surface area contributed by atoms with Gasteiger partial charge < -0.3 is 4.90 Å². The van der Waals surface area contributed by atoms with Gasteiger partial charge in [0.05, 0.1) is 41.5 Å². The summed E-state index contributed by atoms with van der Waals surface area (Å²) in [5, 5.41) is 9.20. The number of carbonyl (C=O) groups is 1. The average molecular weight is 467 g/mol. The summed E-state index contributed by atoms with van der Waals surface area (Å²) >= 11 is 0. The lowest BCUT2D eigenvalue weighted by molar-refractivity contribution is 0.229. The maximum absolute atomic E-state index is 13.0. The zero-order chi connectivity index (χ0) is 23.3. The van der Waals surface area contributed by atoms with Gasteiger partial charge in [0.25, 0.3) is 10.0 Å². The molecule has 4 aromatic rings. The molecule has 4 heterocycles. The van der Waals surface area contributed by atoms with Crippen molar-refractivity contribution in [3.8, 4) is 5.82 Å². The number of aromatic nitrogens is 5. The van der Waals surface area contributed by atoms with E-state index >= 15 is 0 Å². The second kappa shape index (κ2) is 7.59. The number of pyridine rings is 1. The van der Waals surface area contributed by atoms with E-state index in [9.17, 15) is 13.2 Å². The number of likely N-dealkylation sites (N-methyl/N-ethyl adjacent to an activating group) is 1. The van der Waals surface area contributed by atoms with Crippen LogP contribution in [0.3, 0.4) is 0 Å². The number of benzene rings is 1. The fourth-order valence-electron chi connectivity index (χ4n) is 4.07. The quantitative estimate of drug-likeness (QED) is 0.482. The molecule has 3 aromatic heterocycles. The van der Waals surface area contributed by atoms with Gasteiger partial charge in [-0.2, -0.15) is 10.2 Å². The second-order valence-corrected chi connectivity index (χ2v) is 9.67. The number of fused-ring (bicyclic) bond motifs is 1. The molecule has 5 rings (SSSR count). The molecule has 0 aliphatic carbocycles. The summed E-state index contributed by atoms with van der Waals surface area (Å²) < 4.78 is 31.7. The van der Waals surface area contributed by atoms with Crippen molar-refractivity contribution >= 4 is 38.3 Å². The molecule has 1 aliphatic heterocycles. The van der Waals surface area contributed by atoms with Crippen LogP contribution in [0.1, 0.15) is 6.92 Å². The third-order valence-electron chi connectivity index (χ3n) is 5.63. The van der Waals surface area contributed by atoms with Crippen LogP contribution < -0.4 is 9.62 Å². The number of carbonyl (C=O) groups excluding carboxylic acids is 1. The van der Waals surface area contributed by atoms with E-state index in [4.69, 9.17) is 0 Å². The van der Waals surface area contributed by atoms with E-state index in [1.165, 1.54) is 17.1 Å². The number of para-hydroxylation sites is 1. The smallest absolute Gasteiger partial charge is 0.324 e. The molecule has 170 valence electrons. The van der Waals surface area contributed by atoms with Crippen LogP contribution in [0.2, 0.25) is 0 Å². The predicted molar refractivity (Wildman–Crippen MR) is 123 cm³/mol. The van der Waals surface area contributed by atoms with Crippen molar-refractivity contribution in [2.24, 2.45) is 7.05 Å². The van der Waals surface area contributed by atoms with Crippen LogP contribution in [-0.2, 0) is 17.1 Å². The van der Waals surface area contributed by atoms with E-state index in [0.29, 0.717) is 29.3 Å². The SMILES string of the molecule is C[C@H]1CN(C)C(=O)N1c1ccnc(-n2cc(S(=O)(=O)Nc3cccc4cnn(C)c34)cn2)c1. The summed E-state index contributed by atoms with van der Waals surface area (Å²) in [5.74, 6) is 0.400. The molecule has 1 aliphatic rings. The van der Waals surface area contributed by atoms with Gasteiger partial charge in [0, 0.05) is 38.3 Å². The third kappa shape index (κ3) is 3.57. The Morgan fingerprint density at radius 1 is 1.12 bits per heavy atom. The van der Waals surface area contributed by atoms with Crippen LogP contribution in [0.25, 0.3) is 16.7 Å². The number of rotatable bonds is 5. The Bertz CT molecular complexity index is 1480. The highest BCUT2D eigenvalue weighted by Gasteiger charge is 2.33. The van der Waals surface area contributed by atoms with Crippen molar-refractivity contribution < 1.29 is 13.2 Å². The maximum atomic E-state index is 13.0. The van der Waals surface area contributed by atoms with Crippen LogP contribution in [0, 0.1) is 0 Å². The van der Waals surface area contributed by atoms with Crippen molar-refractivity contribution in [2.75, 3.05) is 23.2 Å². The number of sulfonamides is 1. The minimum atomic E-state index is -3.91. The normalized spacial score (nSPS) is 16.7. The van der Waals surface area contributed by atoms with Crippen LogP contribution in [-0.4, -0.2) is 63.5 Å². The number of amides is 2. The minimum Gasteiger partial charge on any atom is -0.325 e. The molecule has 0 unspecified atom stereocenters. The Labute approximate surface area is 190 Å². The first-order valence-corrected chi connectivity index (χ1v) is 11.7. The number of hydrogen-bond acceptors (Lipinski definition) is 6. The molecule has 11 nitrogen and oxygen atoms in total. The van der Waals surface area contributed by atoms with Gasteiger partial charge >= 0.3 is 6.03 Å². The molecule has 0 spiro atoms. The number of urea groups is 1. The summed E-state index contributed by atoms with van der Waals surface area (Å²) in [7, 11) is -0.406. The van der Waals surface area contributed by atoms with E-state index in [-0.39, 0.29) is 17.0 Å². The zero-order valence-corrected chi connectivity index (χ0v) is 19.1. The van der Waals surface area contributed by atoms with Crippen LogP contribution in [0.15, 0.2) is 60.0 Å². The number of nitrogens with zero attached hydrogens (tertiary/aromatic N) is 7. The standard InChI is InChI=1S/C21H22N8O3S/c1-14-12-26(2)21(30)29(14)16-7-8-22-19(9-16)28-13-17(11-24-28)33(31,32)25-18-6-4-5-15-10-23-27(3)20(15)18/h4-11,13-14,25H,12H2,1-3H3/t14-/m0/s1. The third-order valence-corrected chi connectivity index (χ3v) is 6.95. The fraction of sp³-hybridized carbons (Fsp3) is 0.238. The molecule has 0 saturated carbocycles. The van der Waals surface area contributed by atoms with Gasteiger partial charge in [-0.05, 0) is 19.1 Å². The van der Waals surface area contributed by atoms with E-state index in [1.54, 1.807) is 65.2 Å². The van der Waals surface area contributed by atoms with Gasteiger partial charge in [0.15, 0.2) is 5.82 Å². The summed E-state index contributed by atoms with van der Waals surface area (Å²) in [6, 6.07) is 8.67. The Morgan fingerprint density at radius 2 is 1.94 bits per heavy atom. The number of hydrogen-bond donors (Lipinski definition) is 1. The number of anilines is 2. The molecule has 33 heavy (non-hydrogen) atoms. The van der Waals surface area contributed by atoms with E-state index in [2.05, 4.69) is 19.9 Å². The van der Waals surface area contributed by atoms with Crippen molar-refractivity contribution in [1.82, 2.24) is 29.4 Å². The molecule has 2 amide bonds. The fourth-order valence-corrected chi connectivity index (χ4v) is 5.06. The summed E-state index contributed by atoms with van der Waals surface area (Å²) in [6.07, 6.45) is 5.89. The molecule has 1 saturated heterocycles. The lowest BCUT2D eigenvalue weighted by Crippen LogP contribution is -2.32. The van der Waals surface area contributed by atoms with Crippen LogP contribution in [0.5, 0.6) is 0 Å². The molecular weight excluding hydrogens is 444 g/mol. The first kappa shape index (κ1) is 20.9. The van der Waals surface area contributed by atoms with Gasteiger partial charge in [-0.1, -0.05) is 12.1 Å². The highest BCUT2D eigenvalue weighted by Crippen LogP contribution is 2.27. The van der Waals surface area contributed by atoms with Crippen molar-refractivity contribution in [2.45, 2.75) is 17.9 Å². The molecule has 1 N–H and O–H groups in total. The minimum absolute atomic E-state index is 0.00484. The largest absolute Gasteiger partial charge is 0.325 e. The Hall–Kier alpha value is -3.93.